The van der Waals surface area contributed by atoms with E-state index >= 15 is 0 Å². The molecule has 2 aliphatic rings. The number of nitrogens with one attached hydrogen (secondary N) is 1. The molecule has 1 unspecified atom stereocenters. The number of carbonyl (C=O) groups excluding carboxylic acids is 1. The number of alkyl carbamates (subject to hydrolysis) is 1. The first-order valence-electron chi connectivity index (χ1n) is 10.4. The van der Waals surface area contributed by atoms with E-state index in [4.69, 9.17) is 4.74 Å². The van der Waals surface area contributed by atoms with Crippen molar-refractivity contribution in [3.8, 4) is 11.1 Å². The van der Waals surface area contributed by atoms with Crippen LogP contribution in [0.1, 0.15) is 29.9 Å². The second-order valence-corrected chi connectivity index (χ2v) is 8.24. The molecule has 0 bridgehead atoms. The number of ether oxygens (including phenoxy) is 1. The molecule has 0 radical (unpaired) electrons. The maximum atomic E-state index is 12.5. The summed E-state index contributed by atoms with van der Waals surface area (Å²) in [7, 11) is 0. The molecule has 2 aliphatic carbocycles. The van der Waals surface area contributed by atoms with E-state index in [0.29, 0.717) is 12.3 Å². The first-order valence-corrected chi connectivity index (χ1v) is 10.4. The summed E-state index contributed by atoms with van der Waals surface area (Å²) in [5, 5.41) is 13.3. The average molecular weight is 403 g/mol. The Bertz CT molecular complexity index is 988. The van der Waals surface area contributed by atoms with Crippen LogP contribution in [0.15, 0.2) is 67.3 Å². The minimum Gasteiger partial charge on any atom is -0.449 e. The Labute approximate surface area is 175 Å². The third kappa shape index (κ3) is 3.59. The number of benzene rings is 2. The fourth-order valence-electron chi connectivity index (χ4n) is 4.91. The molecule has 0 saturated heterocycles. The van der Waals surface area contributed by atoms with Crippen molar-refractivity contribution < 1.29 is 14.6 Å². The lowest BCUT2D eigenvalue weighted by molar-refractivity contribution is 0.115. The highest BCUT2D eigenvalue weighted by molar-refractivity contribution is 5.79. The molecule has 3 atom stereocenters. The van der Waals surface area contributed by atoms with Gasteiger partial charge < -0.3 is 19.7 Å². The Kier molecular flexibility index (Phi) is 5.01. The fourth-order valence-corrected chi connectivity index (χ4v) is 4.91. The van der Waals surface area contributed by atoms with Gasteiger partial charge >= 0.3 is 6.09 Å². The van der Waals surface area contributed by atoms with Gasteiger partial charge in [-0.3, -0.25) is 0 Å². The summed E-state index contributed by atoms with van der Waals surface area (Å²) in [6.07, 6.45) is 5.80. The van der Waals surface area contributed by atoms with Crippen molar-refractivity contribution in [3.05, 3.63) is 78.4 Å². The van der Waals surface area contributed by atoms with Gasteiger partial charge in [0.2, 0.25) is 0 Å². The van der Waals surface area contributed by atoms with E-state index in [1.54, 1.807) is 12.5 Å². The van der Waals surface area contributed by atoms with Gasteiger partial charge in [0.05, 0.1) is 18.5 Å². The summed E-state index contributed by atoms with van der Waals surface area (Å²) >= 11 is 0. The number of fused-ring (bicyclic) bond motifs is 3. The second-order valence-electron chi connectivity index (χ2n) is 8.24. The van der Waals surface area contributed by atoms with Crippen LogP contribution in [0.4, 0.5) is 4.79 Å². The summed E-state index contributed by atoms with van der Waals surface area (Å²) in [5.74, 6) is 0.332. The van der Waals surface area contributed by atoms with Crippen molar-refractivity contribution in [3.63, 3.8) is 0 Å². The fraction of sp³-hybridized carbons (Fsp3) is 0.333. The van der Waals surface area contributed by atoms with Crippen LogP contribution in [0.3, 0.4) is 0 Å². The van der Waals surface area contributed by atoms with Gasteiger partial charge in [0, 0.05) is 24.9 Å². The number of nitrogens with zero attached hydrogens (tertiary/aromatic N) is 2. The Morgan fingerprint density at radius 3 is 2.47 bits per heavy atom. The van der Waals surface area contributed by atoms with E-state index in [2.05, 4.69) is 34.6 Å². The molecule has 30 heavy (non-hydrogen) atoms. The zero-order valence-corrected chi connectivity index (χ0v) is 16.6. The third-order valence-electron chi connectivity index (χ3n) is 6.30. The maximum Gasteiger partial charge on any atom is 0.407 e. The molecule has 0 aliphatic heterocycles. The number of amides is 1. The molecule has 6 heteroatoms. The van der Waals surface area contributed by atoms with Gasteiger partial charge in [-0.25, -0.2) is 9.78 Å². The number of aliphatic hydroxyl groups excluding tert-OH is 1. The van der Waals surface area contributed by atoms with Gasteiger partial charge in [-0.15, -0.1) is 0 Å². The molecular weight excluding hydrogens is 378 g/mol. The van der Waals surface area contributed by atoms with Crippen LogP contribution >= 0.6 is 0 Å². The Hall–Kier alpha value is -3.12. The lowest BCUT2D eigenvalue weighted by atomic mass is 9.98. The van der Waals surface area contributed by atoms with Crippen molar-refractivity contribution in [2.24, 2.45) is 5.92 Å². The SMILES string of the molecule is O=C(N[C@@H]1CC(Cn2ccnc2)C[C@H]1O)OCC1c2ccccc2-c2ccccc21. The van der Waals surface area contributed by atoms with Crippen LogP contribution in [-0.4, -0.2) is 39.5 Å². The van der Waals surface area contributed by atoms with E-state index in [1.807, 2.05) is 35.0 Å². The minimum absolute atomic E-state index is 0.0330. The Balaban J connectivity index is 1.20. The molecule has 2 aromatic carbocycles. The number of aliphatic hydroxyl groups is 1. The Morgan fingerprint density at radius 2 is 1.80 bits per heavy atom. The van der Waals surface area contributed by atoms with Gasteiger partial charge in [-0.1, -0.05) is 48.5 Å². The second kappa shape index (κ2) is 7.95. The first kappa shape index (κ1) is 18.9. The lowest BCUT2D eigenvalue weighted by Gasteiger charge is -2.18. The summed E-state index contributed by atoms with van der Waals surface area (Å²) in [6.45, 7) is 1.07. The smallest absolute Gasteiger partial charge is 0.407 e. The molecule has 6 nitrogen and oxygen atoms in total. The molecule has 2 N–H and O–H groups in total. The van der Waals surface area contributed by atoms with Gasteiger partial charge in [-0.05, 0) is 41.0 Å². The predicted molar refractivity (Wildman–Crippen MR) is 113 cm³/mol. The largest absolute Gasteiger partial charge is 0.449 e. The average Bonchev–Trinajstić information content (AvgIpc) is 3.46. The van der Waals surface area contributed by atoms with Crippen molar-refractivity contribution in [2.45, 2.75) is 37.5 Å². The molecule has 1 fully saturated rings. The van der Waals surface area contributed by atoms with Crippen LogP contribution in [0.5, 0.6) is 0 Å². The zero-order valence-electron chi connectivity index (χ0n) is 16.6. The van der Waals surface area contributed by atoms with Gasteiger partial charge in [0.1, 0.15) is 6.61 Å². The molecule has 1 amide bonds. The number of carbonyl (C=O) groups is 1. The number of hydrogen-bond acceptors (Lipinski definition) is 4. The van der Waals surface area contributed by atoms with Crippen LogP contribution < -0.4 is 5.32 Å². The van der Waals surface area contributed by atoms with Crippen LogP contribution in [0.2, 0.25) is 0 Å². The number of rotatable bonds is 5. The zero-order chi connectivity index (χ0) is 20.5. The highest BCUT2D eigenvalue weighted by atomic mass is 16.5. The van der Waals surface area contributed by atoms with Gasteiger partial charge in [-0.2, -0.15) is 0 Å². The standard InChI is InChI=1S/C24H25N3O3/c28-23-12-16(13-27-10-9-25-15-27)11-22(23)26-24(29)30-14-21-19-7-3-1-5-17(19)18-6-2-4-8-20(18)21/h1-10,15-16,21-23,28H,11-14H2,(H,26,29)/t16?,22-,23-/m1/s1. The highest BCUT2D eigenvalue weighted by Crippen LogP contribution is 2.44. The summed E-state index contributed by atoms with van der Waals surface area (Å²) in [4.78, 5) is 16.5. The summed E-state index contributed by atoms with van der Waals surface area (Å²) in [5.41, 5.74) is 4.78. The molecule has 5 rings (SSSR count). The number of hydrogen-bond donors (Lipinski definition) is 2. The number of aromatic nitrogens is 2. The summed E-state index contributed by atoms with van der Waals surface area (Å²) < 4.78 is 7.62. The summed E-state index contributed by atoms with van der Waals surface area (Å²) in [6, 6.07) is 16.3. The lowest BCUT2D eigenvalue weighted by Crippen LogP contribution is -2.40. The van der Waals surface area contributed by atoms with Gasteiger partial charge in [0.15, 0.2) is 0 Å². The minimum atomic E-state index is -0.556. The van der Waals surface area contributed by atoms with E-state index in [9.17, 15) is 9.90 Å². The quantitative estimate of drug-likeness (QED) is 0.683. The molecule has 0 spiro atoms. The highest BCUT2D eigenvalue weighted by Gasteiger charge is 2.35. The van der Waals surface area contributed by atoms with E-state index < -0.39 is 12.2 Å². The molecular formula is C24H25N3O3. The predicted octanol–water partition coefficient (Wildman–Crippen LogP) is 3.56. The maximum absolute atomic E-state index is 12.5. The molecule has 3 aromatic rings. The van der Waals surface area contributed by atoms with Crippen molar-refractivity contribution in [1.29, 1.82) is 0 Å². The molecule has 1 heterocycles. The molecule has 1 aromatic heterocycles. The molecule has 1 saturated carbocycles. The topological polar surface area (TPSA) is 76.4 Å². The van der Waals surface area contributed by atoms with Crippen LogP contribution in [0, 0.1) is 5.92 Å². The Morgan fingerprint density at radius 1 is 1.10 bits per heavy atom. The van der Waals surface area contributed by atoms with Crippen molar-refractivity contribution in [2.75, 3.05) is 6.61 Å². The number of imidazole rings is 1. The van der Waals surface area contributed by atoms with E-state index in [1.165, 1.54) is 22.3 Å². The van der Waals surface area contributed by atoms with E-state index in [-0.39, 0.29) is 18.6 Å². The third-order valence-corrected chi connectivity index (χ3v) is 6.30. The monoisotopic (exact) mass is 403 g/mol. The van der Waals surface area contributed by atoms with Crippen molar-refractivity contribution in [1.82, 2.24) is 14.9 Å². The van der Waals surface area contributed by atoms with Gasteiger partial charge in [0.25, 0.3) is 0 Å². The van der Waals surface area contributed by atoms with Crippen LogP contribution in [0.25, 0.3) is 11.1 Å². The molecule has 154 valence electrons. The van der Waals surface area contributed by atoms with Crippen molar-refractivity contribution >= 4 is 6.09 Å². The van der Waals surface area contributed by atoms with Crippen LogP contribution in [-0.2, 0) is 11.3 Å². The van der Waals surface area contributed by atoms with E-state index in [0.717, 1.165) is 13.0 Å². The first-order chi connectivity index (χ1) is 14.7. The normalized spacial score (nSPS) is 22.5.